The molecule has 0 heteroatoms. The molecule has 2 fully saturated rings. The topological polar surface area (TPSA) is 0 Å². The van der Waals surface area contributed by atoms with Crippen molar-refractivity contribution in [1.82, 2.24) is 0 Å². The Hall–Kier alpha value is 0. The zero-order valence-corrected chi connectivity index (χ0v) is 9.64. The van der Waals surface area contributed by atoms with Gasteiger partial charge in [0.15, 0.2) is 0 Å². The fraction of sp³-hybridized carbons (Fsp3) is 1.00. The first-order chi connectivity index (χ1) is 6.05. The average Bonchev–Trinajstić information content (AvgIpc) is 2.30. The fourth-order valence-electron chi connectivity index (χ4n) is 4.10. The van der Waals surface area contributed by atoms with Gasteiger partial charge >= 0.3 is 0 Å². The predicted octanol–water partition coefficient (Wildman–Crippen LogP) is 4.10. The first-order valence-electron chi connectivity index (χ1n) is 6.05. The lowest BCUT2D eigenvalue weighted by Gasteiger charge is -2.35. The highest BCUT2D eigenvalue weighted by atomic mass is 14.6. The smallest absolute Gasteiger partial charge is 0.0295 e. The van der Waals surface area contributed by atoms with Crippen molar-refractivity contribution in [2.24, 2.45) is 29.1 Å². The third-order valence-electron chi connectivity index (χ3n) is 5.41. The molecular weight excluding hydrogens is 156 g/mol. The maximum absolute atomic E-state index is 2.50. The van der Waals surface area contributed by atoms with Crippen molar-refractivity contribution in [3.05, 3.63) is 0 Å². The van der Waals surface area contributed by atoms with Crippen LogP contribution in [0.1, 0.15) is 53.4 Å². The van der Waals surface area contributed by atoms with Crippen molar-refractivity contribution < 1.29 is 0 Å². The van der Waals surface area contributed by atoms with Crippen molar-refractivity contribution in [3.63, 3.8) is 0 Å². The van der Waals surface area contributed by atoms with Gasteiger partial charge in [0.05, 0.1) is 0 Å². The molecule has 4 unspecified atom stereocenters. The third-order valence-corrected chi connectivity index (χ3v) is 5.41. The van der Waals surface area contributed by atoms with Crippen LogP contribution in [0.15, 0.2) is 0 Å². The zero-order valence-electron chi connectivity index (χ0n) is 9.64. The summed E-state index contributed by atoms with van der Waals surface area (Å²) in [4.78, 5) is 0. The molecule has 2 aliphatic rings. The van der Waals surface area contributed by atoms with E-state index in [1.54, 1.807) is 0 Å². The van der Waals surface area contributed by atoms with Gasteiger partial charge in [-0.3, -0.25) is 0 Å². The molecule has 0 bridgehead atoms. The van der Waals surface area contributed by atoms with Crippen LogP contribution >= 0.6 is 0 Å². The lowest BCUT2D eigenvalue weighted by Crippen LogP contribution is -2.27. The molecule has 2 aliphatic carbocycles. The predicted molar refractivity (Wildman–Crippen MR) is 57.6 cm³/mol. The molecule has 0 amide bonds. The van der Waals surface area contributed by atoms with E-state index in [0.29, 0.717) is 5.41 Å². The maximum Gasteiger partial charge on any atom is -0.0295 e. The minimum Gasteiger partial charge on any atom is -0.0620 e. The van der Waals surface area contributed by atoms with Crippen LogP contribution in [-0.4, -0.2) is 0 Å². The lowest BCUT2D eigenvalue weighted by atomic mass is 9.70. The maximum atomic E-state index is 2.50. The first-order valence-corrected chi connectivity index (χ1v) is 6.05. The molecule has 0 nitrogen and oxygen atoms in total. The van der Waals surface area contributed by atoms with Gasteiger partial charge in [0.2, 0.25) is 0 Å². The Labute approximate surface area is 83.1 Å². The summed E-state index contributed by atoms with van der Waals surface area (Å²) >= 11 is 0. The molecule has 76 valence electrons. The van der Waals surface area contributed by atoms with E-state index in [4.69, 9.17) is 0 Å². The van der Waals surface area contributed by atoms with E-state index in [1.807, 2.05) is 0 Å². The van der Waals surface area contributed by atoms with Crippen LogP contribution < -0.4 is 0 Å². The van der Waals surface area contributed by atoms with Crippen LogP contribution in [0.5, 0.6) is 0 Å². The summed E-state index contributed by atoms with van der Waals surface area (Å²) < 4.78 is 0. The highest BCUT2D eigenvalue weighted by molar-refractivity contribution is 5.00. The van der Waals surface area contributed by atoms with Gasteiger partial charge in [-0.2, -0.15) is 0 Å². The van der Waals surface area contributed by atoms with Crippen LogP contribution in [0.25, 0.3) is 0 Å². The van der Waals surface area contributed by atoms with Crippen LogP contribution in [-0.2, 0) is 0 Å². The number of rotatable bonds is 0. The van der Waals surface area contributed by atoms with E-state index in [9.17, 15) is 0 Å². The molecule has 0 N–H and O–H groups in total. The summed E-state index contributed by atoms with van der Waals surface area (Å²) in [5.41, 5.74) is 0.616. The third kappa shape index (κ3) is 1.25. The molecule has 0 aromatic carbocycles. The summed E-state index contributed by atoms with van der Waals surface area (Å²) in [5, 5.41) is 0. The molecule has 2 saturated carbocycles. The Kier molecular flexibility index (Phi) is 2.20. The number of hydrogen-bond donors (Lipinski definition) is 0. The van der Waals surface area contributed by atoms with E-state index < -0.39 is 0 Å². The van der Waals surface area contributed by atoms with E-state index in [0.717, 1.165) is 23.7 Å². The van der Waals surface area contributed by atoms with Crippen molar-refractivity contribution in [3.8, 4) is 0 Å². The molecule has 2 rings (SSSR count). The quantitative estimate of drug-likeness (QED) is 0.526. The van der Waals surface area contributed by atoms with Crippen molar-refractivity contribution >= 4 is 0 Å². The molecule has 13 heavy (non-hydrogen) atoms. The second-order valence-electron chi connectivity index (χ2n) is 6.02. The Balaban J connectivity index is 2.24. The van der Waals surface area contributed by atoms with Crippen LogP contribution in [0.3, 0.4) is 0 Å². The van der Waals surface area contributed by atoms with Crippen LogP contribution in [0, 0.1) is 29.1 Å². The minimum absolute atomic E-state index is 0.616. The molecule has 0 aliphatic heterocycles. The molecule has 0 radical (unpaired) electrons. The van der Waals surface area contributed by atoms with E-state index in [1.165, 1.54) is 25.7 Å². The van der Waals surface area contributed by atoms with Gasteiger partial charge in [-0.1, -0.05) is 40.5 Å². The van der Waals surface area contributed by atoms with E-state index >= 15 is 0 Å². The summed E-state index contributed by atoms with van der Waals surface area (Å²) in [5.74, 6) is 3.99. The molecule has 0 spiro atoms. The molecule has 0 aromatic heterocycles. The van der Waals surface area contributed by atoms with Gasteiger partial charge in [0, 0.05) is 0 Å². The first kappa shape index (κ1) is 9.55. The average molecular weight is 180 g/mol. The van der Waals surface area contributed by atoms with Gasteiger partial charge in [0.1, 0.15) is 0 Å². The minimum atomic E-state index is 0.616. The van der Waals surface area contributed by atoms with E-state index in [2.05, 4.69) is 27.7 Å². The molecular formula is C13H24. The van der Waals surface area contributed by atoms with Crippen molar-refractivity contribution in [1.29, 1.82) is 0 Å². The van der Waals surface area contributed by atoms with Gasteiger partial charge in [0.25, 0.3) is 0 Å². The van der Waals surface area contributed by atoms with Crippen molar-refractivity contribution in [2.45, 2.75) is 53.4 Å². The molecule has 0 aromatic rings. The van der Waals surface area contributed by atoms with Crippen LogP contribution in [0.4, 0.5) is 0 Å². The normalized spacial score (nSPS) is 48.9. The molecule has 0 saturated heterocycles. The van der Waals surface area contributed by atoms with Crippen molar-refractivity contribution in [2.75, 3.05) is 0 Å². The summed E-state index contributed by atoms with van der Waals surface area (Å²) in [6.07, 6.45) is 6.00. The lowest BCUT2D eigenvalue weighted by molar-refractivity contribution is 0.140. The Bertz CT molecular complexity index is 192. The number of fused-ring (bicyclic) bond motifs is 1. The Morgan fingerprint density at radius 3 is 2.23 bits per heavy atom. The zero-order chi connectivity index (χ0) is 9.64. The highest BCUT2D eigenvalue weighted by Gasteiger charge is 2.51. The fourth-order valence-corrected chi connectivity index (χ4v) is 4.10. The van der Waals surface area contributed by atoms with Gasteiger partial charge in [-0.15, -0.1) is 0 Å². The second-order valence-corrected chi connectivity index (χ2v) is 6.02. The monoisotopic (exact) mass is 180 g/mol. The second kappa shape index (κ2) is 3.00. The summed E-state index contributed by atoms with van der Waals surface area (Å²) in [6, 6.07) is 0. The van der Waals surface area contributed by atoms with E-state index in [-0.39, 0.29) is 0 Å². The number of hydrogen-bond acceptors (Lipinski definition) is 0. The Morgan fingerprint density at radius 1 is 1.00 bits per heavy atom. The standard InChI is InChI=1S/C13H24/c1-9-10(2)13(3,4)12-8-6-5-7-11(9)12/h9-12H,5-8H2,1-4H3. The largest absolute Gasteiger partial charge is 0.0620 e. The van der Waals surface area contributed by atoms with Gasteiger partial charge in [-0.05, 0) is 41.9 Å². The Morgan fingerprint density at radius 2 is 1.62 bits per heavy atom. The van der Waals surface area contributed by atoms with Gasteiger partial charge < -0.3 is 0 Å². The molecule has 4 atom stereocenters. The van der Waals surface area contributed by atoms with Crippen LogP contribution in [0.2, 0.25) is 0 Å². The highest BCUT2D eigenvalue weighted by Crippen LogP contribution is 2.58. The SMILES string of the molecule is CC1C2CCCCC2C(C)(C)C1C. The summed E-state index contributed by atoms with van der Waals surface area (Å²) in [7, 11) is 0. The molecule has 0 heterocycles. The summed E-state index contributed by atoms with van der Waals surface area (Å²) in [6.45, 7) is 9.97. The van der Waals surface area contributed by atoms with Gasteiger partial charge in [-0.25, -0.2) is 0 Å².